The molecule has 0 saturated heterocycles. The Labute approximate surface area is 111 Å². The maximum absolute atomic E-state index is 11.4. The number of hydrazine groups is 1. The molecule has 2 aromatic carbocycles. The minimum absolute atomic E-state index is 0.479. The highest BCUT2D eigenvalue weighted by Gasteiger charge is 1.96. The van der Waals surface area contributed by atoms with Crippen LogP contribution in [-0.2, 0) is 9.63 Å². The van der Waals surface area contributed by atoms with Gasteiger partial charge in [0.05, 0.1) is 5.69 Å². The van der Waals surface area contributed by atoms with E-state index < -0.39 is 5.97 Å². The van der Waals surface area contributed by atoms with Gasteiger partial charge in [0.2, 0.25) is 0 Å². The molecule has 0 heterocycles. The van der Waals surface area contributed by atoms with E-state index in [1.807, 2.05) is 60.7 Å². The lowest BCUT2D eigenvalue weighted by molar-refractivity contribution is -0.143. The van der Waals surface area contributed by atoms with Gasteiger partial charge in [-0.25, -0.2) is 4.79 Å². The molecule has 0 aromatic heterocycles. The van der Waals surface area contributed by atoms with Crippen molar-refractivity contribution in [2.45, 2.75) is 0 Å². The molecule has 96 valence electrons. The quantitative estimate of drug-likeness (QED) is 0.636. The van der Waals surface area contributed by atoms with Crippen molar-refractivity contribution in [2.75, 3.05) is 5.43 Å². The molecular weight excluding hydrogens is 240 g/mol. The van der Waals surface area contributed by atoms with Crippen LogP contribution in [0.5, 0.6) is 0 Å². The molecule has 0 amide bonds. The lowest BCUT2D eigenvalue weighted by Crippen LogP contribution is -2.24. The zero-order valence-electron chi connectivity index (χ0n) is 10.2. The fourth-order valence-corrected chi connectivity index (χ4v) is 1.42. The molecule has 0 spiro atoms. The van der Waals surface area contributed by atoms with Crippen LogP contribution in [0.15, 0.2) is 66.7 Å². The summed E-state index contributed by atoms with van der Waals surface area (Å²) in [6, 6.07) is 18.9. The monoisotopic (exact) mass is 254 g/mol. The number of carbonyl (C=O) groups excluding carboxylic acids is 1. The lowest BCUT2D eigenvalue weighted by atomic mass is 10.2. The predicted octanol–water partition coefficient (Wildman–Crippen LogP) is 2.77. The maximum Gasteiger partial charge on any atom is 0.351 e. The molecular formula is C15H14N2O2. The number of benzene rings is 2. The van der Waals surface area contributed by atoms with Gasteiger partial charge in [-0.3, -0.25) is 5.43 Å². The second-order valence-electron chi connectivity index (χ2n) is 3.76. The molecule has 4 nitrogen and oxygen atoms in total. The van der Waals surface area contributed by atoms with Crippen LogP contribution in [0.25, 0.3) is 6.08 Å². The Kier molecular flexibility index (Phi) is 4.72. The smallest absolute Gasteiger partial charge is 0.347 e. The highest BCUT2D eigenvalue weighted by atomic mass is 16.7. The van der Waals surface area contributed by atoms with E-state index in [-0.39, 0.29) is 0 Å². The van der Waals surface area contributed by atoms with Crippen molar-refractivity contribution in [1.29, 1.82) is 0 Å². The molecule has 2 aromatic rings. The minimum atomic E-state index is -0.479. The number of carbonyl (C=O) groups is 1. The van der Waals surface area contributed by atoms with Crippen LogP contribution in [0.2, 0.25) is 0 Å². The summed E-state index contributed by atoms with van der Waals surface area (Å²) in [5, 5.41) is 0. The number of anilines is 1. The van der Waals surface area contributed by atoms with E-state index in [9.17, 15) is 4.79 Å². The van der Waals surface area contributed by atoms with Crippen molar-refractivity contribution in [3.05, 3.63) is 72.3 Å². The largest absolute Gasteiger partial charge is 0.351 e. The summed E-state index contributed by atoms with van der Waals surface area (Å²) < 4.78 is 0. The van der Waals surface area contributed by atoms with E-state index in [1.165, 1.54) is 6.08 Å². The normalized spacial score (nSPS) is 10.3. The third kappa shape index (κ3) is 4.65. The standard InChI is InChI=1S/C15H14N2O2/c18-15(12-11-13-7-3-1-4-8-13)19-17-16-14-9-5-2-6-10-14/h1-12,16-17H. The van der Waals surface area contributed by atoms with Gasteiger partial charge in [0.15, 0.2) is 0 Å². The second kappa shape index (κ2) is 6.98. The Morgan fingerprint density at radius 3 is 2.26 bits per heavy atom. The van der Waals surface area contributed by atoms with Crippen LogP contribution in [0.1, 0.15) is 5.56 Å². The molecule has 2 rings (SSSR count). The summed E-state index contributed by atoms with van der Waals surface area (Å²) >= 11 is 0. The molecule has 0 atom stereocenters. The van der Waals surface area contributed by atoms with Gasteiger partial charge >= 0.3 is 5.97 Å². The van der Waals surface area contributed by atoms with Gasteiger partial charge < -0.3 is 4.84 Å². The van der Waals surface area contributed by atoms with E-state index in [0.29, 0.717) is 0 Å². The van der Waals surface area contributed by atoms with Crippen molar-refractivity contribution in [1.82, 2.24) is 5.59 Å². The molecule has 0 fully saturated rings. The van der Waals surface area contributed by atoms with Gasteiger partial charge in [0, 0.05) is 6.08 Å². The third-order valence-electron chi connectivity index (χ3n) is 2.33. The summed E-state index contributed by atoms with van der Waals surface area (Å²) in [7, 11) is 0. The number of nitrogens with one attached hydrogen (secondary N) is 2. The summed E-state index contributed by atoms with van der Waals surface area (Å²) in [5.41, 5.74) is 6.88. The Balaban J connectivity index is 1.75. The zero-order valence-corrected chi connectivity index (χ0v) is 10.2. The SMILES string of the molecule is O=C(C=Cc1ccccc1)ONNc1ccccc1. The Bertz CT molecular complexity index is 539. The first kappa shape index (κ1) is 12.9. The first-order valence-electron chi connectivity index (χ1n) is 5.84. The van der Waals surface area contributed by atoms with Gasteiger partial charge in [-0.1, -0.05) is 54.1 Å². The molecule has 0 bridgehead atoms. The molecule has 4 heteroatoms. The Morgan fingerprint density at radius 1 is 0.947 bits per heavy atom. The van der Waals surface area contributed by atoms with Crippen LogP contribution in [-0.4, -0.2) is 5.97 Å². The van der Waals surface area contributed by atoms with Crippen LogP contribution >= 0.6 is 0 Å². The van der Waals surface area contributed by atoms with E-state index >= 15 is 0 Å². The first-order chi connectivity index (χ1) is 9.34. The average Bonchev–Trinajstić information content (AvgIpc) is 2.47. The van der Waals surface area contributed by atoms with Crippen LogP contribution < -0.4 is 11.0 Å². The fraction of sp³-hybridized carbons (Fsp3) is 0. The van der Waals surface area contributed by atoms with Crippen molar-refractivity contribution in [2.24, 2.45) is 0 Å². The summed E-state index contributed by atoms with van der Waals surface area (Å²) in [5.74, 6) is -0.479. The number of hydrogen-bond acceptors (Lipinski definition) is 4. The number of rotatable bonds is 5. The minimum Gasteiger partial charge on any atom is -0.347 e. The number of para-hydroxylation sites is 1. The van der Waals surface area contributed by atoms with Crippen LogP contribution in [0.3, 0.4) is 0 Å². The molecule has 0 radical (unpaired) electrons. The maximum atomic E-state index is 11.4. The van der Waals surface area contributed by atoms with E-state index in [2.05, 4.69) is 11.0 Å². The van der Waals surface area contributed by atoms with Gasteiger partial charge in [-0.15, -0.1) is 0 Å². The van der Waals surface area contributed by atoms with Crippen molar-refractivity contribution < 1.29 is 9.63 Å². The molecule has 0 saturated carbocycles. The molecule has 0 aliphatic rings. The zero-order chi connectivity index (χ0) is 13.3. The molecule has 0 aliphatic heterocycles. The van der Waals surface area contributed by atoms with Gasteiger partial charge in [0.1, 0.15) is 0 Å². The molecule has 19 heavy (non-hydrogen) atoms. The molecule has 2 N–H and O–H groups in total. The molecule has 0 aliphatic carbocycles. The van der Waals surface area contributed by atoms with Crippen molar-refractivity contribution in [3.63, 3.8) is 0 Å². The Morgan fingerprint density at radius 2 is 1.58 bits per heavy atom. The first-order valence-corrected chi connectivity index (χ1v) is 5.84. The van der Waals surface area contributed by atoms with Crippen molar-refractivity contribution in [3.8, 4) is 0 Å². The third-order valence-corrected chi connectivity index (χ3v) is 2.33. The van der Waals surface area contributed by atoms with Gasteiger partial charge in [-0.2, -0.15) is 0 Å². The second-order valence-corrected chi connectivity index (χ2v) is 3.76. The summed E-state index contributed by atoms with van der Waals surface area (Å²) in [6.07, 6.45) is 3.04. The van der Waals surface area contributed by atoms with Crippen molar-refractivity contribution >= 4 is 17.7 Å². The highest BCUT2D eigenvalue weighted by molar-refractivity contribution is 5.86. The highest BCUT2D eigenvalue weighted by Crippen LogP contribution is 2.03. The fourth-order valence-electron chi connectivity index (χ4n) is 1.42. The van der Waals surface area contributed by atoms with Gasteiger partial charge in [0.25, 0.3) is 0 Å². The van der Waals surface area contributed by atoms with Crippen LogP contribution in [0.4, 0.5) is 5.69 Å². The van der Waals surface area contributed by atoms with E-state index in [1.54, 1.807) is 6.08 Å². The van der Waals surface area contributed by atoms with E-state index in [4.69, 9.17) is 4.84 Å². The average molecular weight is 254 g/mol. The van der Waals surface area contributed by atoms with E-state index in [0.717, 1.165) is 11.3 Å². The van der Waals surface area contributed by atoms with Crippen LogP contribution in [0, 0.1) is 0 Å². The predicted molar refractivity (Wildman–Crippen MR) is 74.8 cm³/mol. The topological polar surface area (TPSA) is 50.4 Å². The molecule has 0 unspecified atom stereocenters. The summed E-state index contributed by atoms with van der Waals surface area (Å²) in [4.78, 5) is 16.2. The summed E-state index contributed by atoms with van der Waals surface area (Å²) in [6.45, 7) is 0. The lowest BCUT2D eigenvalue weighted by Gasteiger charge is -2.06. The van der Waals surface area contributed by atoms with Gasteiger partial charge in [-0.05, 0) is 23.8 Å². The Hall–Kier alpha value is -2.59. The number of hydrogen-bond donors (Lipinski definition) is 2.